The number of ether oxygens (including phenoxy) is 3. The number of halogens is 4. The standard InChI is InChI=1S/C16H13ClF3NO8/c1-8-4-10(17)5-9-6-11(14(16(18,19)20)29-13(8)9)15(23)27-7-26-12(22)2-3-28-21(24)25/h4-6,14H,2-3,7H2,1H3. The molecule has 0 spiro atoms. The predicted molar refractivity (Wildman–Crippen MR) is 89.3 cm³/mol. The number of hydrogen-bond donors (Lipinski definition) is 0. The molecule has 0 radical (unpaired) electrons. The third-order valence-corrected chi connectivity index (χ3v) is 3.76. The highest BCUT2D eigenvalue weighted by Gasteiger charge is 2.49. The van der Waals surface area contributed by atoms with Crippen LogP contribution in [0.3, 0.4) is 0 Å². The smallest absolute Gasteiger partial charge is 0.430 e. The Morgan fingerprint density at radius 1 is 1.31 bits per heavy atom. The Balaban J connectivity index is 2.08. The largest absolute Gasteiger partial charge is 0.475 e. The maximum atomic E-state index is 13.4. The number of carbonyl (C=O) groups is 2. The van der Waals surface area contributed by atoms with Crippen molar-refractivity contribution >= 4 is 29.6 Å². The third-order valence-electron chi connectivity index (χ3n) is 3.54. The molecule has 0 fully saturated rings. The monoisotopic (exact) mass is 439 g/mol. The number of carbonyl (C=O) groups excluding carboxylic acids is 2. The Morgan fingerprint density at radius 2 is 2.00 bits per heavy atom. The Morgan fingerprint density at radius 3 is 2.62 bits per heavy atom. The van der Waals surface area contributed by atoms with Crippen molar-refractivity contribution in [3.05, 3.63) is 44.0 Å². The van der Waals surface area contributed by atoms with E-state index in [1.807, 2.05) is 0 Å². The van der Waals surface area contributed by atoms with Gasteiger partial charge < -0.3 is 19.0 Å². The van der Waals surface area contributed by atoms with E-state index < -0.39 is 54.7 Å². The SMILES string of the molecule is Cc1cc(Cl)cc2c1OC(C(F)(F)F)C(C(=O)OCOC(=O)CCO[N+](=O)[O-])=C2. The van der Waals surface area contributed by atoms with Crippen molar-refractivity contribution in [2.45, 2.75) is 25.6 Å². The summed E-state index contributed by atoms with van der Waals surface area (Å²) in [4.78, 5) is 37.2. The fourth-order valence-corrected chi connectivity index (χ4v) is 2.65. The lowest BCUT2D eigenvalue weighted by atomic mass is 9.99. The van der Waals surface area contributed by atoms with Crippen LogP contribution in [0.25, 0.3) is 6.08 Å². The number of alkyl halides is 3. The summed E-state index contributed by atoms with van der Waals surface area (Å²) in [6.07, 6.45) is -7.11. The fraction of sp³-hybridized carbons (Fsp3) is 0.375. The van der Waals surface area contributed by atoms with Crippen molar-refractivity contribution in [2.24, 2.45) is 0 Å². The number of fused-ring (bicyclic) bond motifs is 1. The number of hydrogen-bond acceptors (Lipinski definition) is 8. The van der Waals surface area contributed by atoms with Crippen LogP contribution in [0.2, 0.25) is 5.02 Å². The maximum absolute atomic E-state index is 13.4. The van der Waals surface area contributed by atoms with Crippen LogP contribution >= 0.6 is 11.6 Å². The second-order valence-corrected chi connectivity index (χ2v) is 6.09. The molecule has 0 bridgehead atoms. The van der Waals surface area contributed by atoms with E-state index in [4.69, 9.17) is 16.3 Å². The minimum absolute atomic E-state index is 0.0782. The molecule has 9 nitrogen and oxygen atoms in total. The van der Waals surface area contributed by atoms with Gasteiger partial charge in [-0.15, -0.1) is 10.1 Å². The van der Waals surface area contributed by atoms with Crippen LogP contribution in [0.1, 0.15) is 17.5 Å². The van der Waals surface area contributed by atoms with E-state index in [1.165, 1.54) is 19.1 Å². The molecule has 158 valence electrons. The highest BCUT2D eigenvalue weighted by molar-refractivity contribution is 6.30. The minimum Gasteiger partial charge on any atom is -0.475 e. The Bertz CT molecular complexity index is 855. The van der Waals surface area contributed by atoms with Gasteiger partial charge >= 0.3 is 18.1 Å². The van der Waals surface area contributed by atoms with Gasteiger partial charge in [0.2, 0.25) is 12.9 Å². The van der Waals surface area contributed by atoms with Crippen molar-refractivity contribution in [1.82, 2.24) is 0 Å². The Hall–Kier alpha value is -3.02. The zero-order chi connectivity index (χ0) is 21.8. The van der Waals surface area contributed by atoms with Crippen LogP contribution < -0.4 is 4.74 Å². The second-order valence-electron chi connectivity index (χ2n) is 5.65. The van der Waals surface area contributed by atoms with Crippen LogP contribution in [0.5, 0.6) is 5.75 Å². The molecule has 1 unspecified atom stereocenters. The zero-order valence-corrected chi connectivity index (χ0v) is 15.4. The normalized spacial score (nSPS) is 15.5. The van der Waals surface area contributed by atoms with Crippen LogP contribution in [-0.4, -0.2) is 42.7 Å². The van der Waals surface area contributed by atoms with Gasteiger partial charge in [-0.2, -0.15) is 13.2 Å². The van der Waals surface area contributed by atoms with Crippen molar-refractivity contribution in [3.63, 3.8) is 0 Å². The zero-order valence-electron chi connectivity index (χ0n) is 14.7. The number of benzene rings is 1. The number of esters is 2. The Kier molecular flexibility index (Phi) is 6.90. The molecule has 1 heterocycles. The molecule has 1 aromatic carbocycles. The van der Waals surface area contributed by atoms with Crippen molar-refractivity contribution in [3.8, 4) is 5.75 Å². The fourth-order valence-electron chi connectivity index (χ4n) is 2.37. The molecular weight excluding hydrogens is 427 g/mol. The summed E-state index contributed by atoms with van der Waals surface area (Å²) in [6.45, 7) is -0.0946. The van der Waals surface area contributed by atoms with Crippen LogP contribution in [0, 0.1) is 17.0 Å². The van der Waals surface area contributed by atoms with Gasteiger partial charge in [0.25, 0.3) is 5.09 Å². The molecular formula is C16H13ClF3NO8. The van der Waals surface area contributed by atoms with Gasteiger partial charge in [0.15, 0.2) is 0 Å². The molecule has 0 aromatic heterocycles. The van der Waals surface area contributed by atoms with E-state index in [1.54, 1.807) is 0 Å². The van der Waals surface area contributed by atoms with Crippen LogP contribution in [-0.2, 0) is 23.9 Å². The molecule has 0 saturated carbocycles. The maximum Gasteiger partial charge on any atom is 0.430 e. The third kappa shape index (κ3) is 5.98. The molecule has 2 rings (SSSR count). The topological polar surface area (TPSA) is 114 Å². The molecule has 1 atom stereocenters. The first-order chi connectivity index (χ1) is 13.5. The van der Waals surface area contributed by atoms with E-state index in [-0.39, 0.29) is 16.3 Å². The van der Waals surface area contributed by atoms with Crippen molar-refractivity contribution in [1.29, 1.82) is 0 Å². The highest BCUT2D eigenvalue weighted by atomic mass is 35.5. The number of aryl methyl sites for hydroxylation is 1. The van der Waals surface area contributed by atoms with Gasteiger partial charge in [-0.05, 0) is 30.7 Å². The molecule has 29 heavy (non-hydrogen) atoms. The van der Waals surface area contributed by atoms with Crippen molar-refractivity contribution < 1.29 is 46.9 Å². The average molecular weight is 440 g/mol. The molecule has 1 aromatic rings. The lowest BCUT2D eigenvalue weighted by Gasteiger charge is -2.28. The van der Waals surface area contributed by atoms with E-state index in [0.717, 1.165) is 6.08 Å². The first kappa shape index (κ1) is 22.3. The summed E-state index contributed by atoms with van der Waals surface area (Å²) in [7, 11) is 0. The molecule has 0 aliphatic carbocycles. The minimum atomic E-state index is -4.93. The molecule has 0 amide bonds. The van der Waals surface area contributed by atoms with E-state index in [0.29, 0.717) is 5.56 Å². The summed E-state index contributed by atoms with van der Waals surface area (Å²) >= 11 is 5.88. The quantitative estimate of drug-likeness (QED) is 0.276. The first-order valence-electron chi connectivity index (χ1n) is 7.84. The average Bonchev–Trinajstić information content (AvgIpc) is 2.59. The van der Waals surface area contributed by atoms with Gasteiger partial charge in [0.05, 0.1) is 12.0 Å². The molecule has 1 aliphatic heterocycles. The predicted octanol–water partition coefficient (Wildman–Crippen LogP) is 3.00. The summed E-state index contributed by atoms with van der Waals surface area (Å²) in [5.74, 6) is -2.52. The van der Waals surface area contributed by atoms with E-state index in [9.17, 15) is 32.9 Å². The highest BCUT2D eigenvalue weighted by Crippen LogP contribution is 2.40. The molecule has 1 aliphatic rings. The van der Waals surface area contributed by atoms with Gasteiger partial charge in [-0.3, -0.25) is 4.79 Å². The summed E-state index contributed by atoms with van der Waals surface area (Å²) in [5.41, 5.74) is -0.368. The van der Waals surface area contributed by atoms with Crippen molar-refractivity contribution in [2.75, 3.05) is 13.4 Å². The second kappa shape index (κ2) is 8.99. The van der Waals surface area contributed by atoms with E-state index in [2.05, 4.69) is 14.3 Å². The van der Waals surface area contributed by atoms with Gasteiger partial charge in [0.1, 0.15) is 12.4 Å². The number of nitrogens with zero attached hydrogens (tertiary/aromatic N) is 1. The van der Waals surface area contributed by atoms with Gasteiger partial charge in [-0.1, -0.05) is 11.6 Å². The molecule has 13 heteroatoms. The number of rotatable bonds is 7. The summed E-state index contributed by atoms with van der Waals surface area (Å²) < 4.78 is 54.1. The molecule has 0 N–H and O–H groups in total. The lowest BCUT2D eigenvalue weighted by molar-refractivity contribution is -0.757. The summed E-state index contributed by atoms with van der Waals surface area (Å²) in [6, 6.07) is 2.73. The molecule has 0 saturated heterocycles. The van der Waals surface area contributed by atoms with Crippen LogP contribution in [0.4, 0.5) is 13.2 Å². The first-order valence-corrected chi connectivity index (χ1v) is 8.22. The Labute approximate surface area is 166 Å². The van der Waals surface area contributed by atoms with Gasteiger partial charge in [0, 0.05) is 10.6 Å². The van der Waals surface area contributed by atoms with Crippen LogP contribution in [0.15, 0.2) is 17.7 Å². The lowest BCUT2D eigenvalue weighted by Crippen LogP contribution is -2.41. The van der Waals surface area contributed by atoms with E-state index >= 15 is 0 Å². The summed E-state index contributed by atoms with van der Waals surface area (Å²) in [5, 5.41) is 9.05. The van der Waals surface area contributed by atoms with Gasteiger partial charge in [-0.25, -0.2) is 4.79 Å².